The fourth-order valence-electron chi connectivity index (χ4n) is 3.05. The summed E-state index contributed by atoms with van der Waals surface area (Å²) >= 11 is 0. The molecule has 0 aliphatic rings. The summed E-state index contributed by atoms with van der Waals surface area (Å²) in [5, 5.41) is 11.0. The first kappa shape index (κ1) is 19.4. The van der Waals surface area contributed by atoms with Crippen LogP contribution in [0, 0.1) is 11.3 Å². The van der Waals surface area contributed by atoms with Crippen molar-refractivity contribution in [3.63, 3.8) is 0 Å². The number of carbonyl (C=O) groups excluding carboxylic acids is 1. The van der Waals surface area contributed by atoms with Gasteiger partial charge in [0.05, 0.1) is 11.6 Å². The number of rotatable bonds is 7. The predicted octanol–water partition coefficient (Wildman–Crippen LogP) is 6.42. The molecular weight excluding hydrogens is 346 g/mol. The molecule has 0 aliphatic carbocycles. The summed E-state index contributed by atoms with van der Waals surface area (Å²) in [6, 6.07) is 21.4. The van der Waals surface area contributed by atoms with Gasteiger partial charge in [-0.1, -0.05) is 56.2 Å². The van der Waals surface area contributed by atoms with Crippen LogP contribution in [0.5, 0.6) is 5.75 Å². The van der Waals surface area contributed by atoms with Crippen LogP contribution in [0.1, 0.15) is 38.2 Å². The van der Waals surface area contributed by atoms with Gasteiger partial charge in [-0.3, -0.25) is 0 Å². The molecule has 28 heavy (non-hydrogen) atoms. The maximum atomic E-state index is 11.9. The second kappa shape index (κ2) is 9.53. The van der Waals surface area contributed by atoms with E-state index in [0.29, 0.717) is 11.3 Å². The lowest BCUT2D eigenvalue weighted by Gasteiger charge is -2.07. The van der Waals surface area contributed by atoms with Crippen LogP contribution in [-0.4, -0.2) is 5.97 Å². The number of nitrogens with zero attached hydrogens (tertiary/aromatic N) is 1. The fourth-order valence-corrected chi connectivity index (χ4v) is 3.05. The predicted molar refractivity (Wildman–Crippen MR) is 113 cm³/mol. The number of hydrogen-bond acceptors (Lipinski definition) is 3. The summed E-state index contributed by atoms with van der Waals surface area (Å²) in [6.45, 7) is 2.16. The van der Waals surface area contributed by atoms with E-state index < -0.39 is 0 Å². The summed E-state index contributed by atoms with van der Waals surface area (Å²) in [7, 11) is 0. The van der Waals surface area contributed by atoms with Crippen LogP contribution in [0.25, 0.3) is 21.9 Å². The van der Waals surface area contributed by atoms with Crippen LogP contribution in [0.4, 0.5) is 0 Å². The Labute approximate surface area is 165 Å². The van der Waals surface area contributed by atoms with Gasteiger partial charge in [0, 0.05) is 6.08 Å². The van der Waals surface area contributed by atoms with Gasteiger partial charge in [-0.25, -0.2) is 4.79 Å². The van der Waals surface area contributed by atoms with Crippen molar-refractivity contribution in [3.8, 4) is 22.9 Å². The Morgan fingerprint density at radius 1 is 0.964 bits per heavy atom. The fraction of sp³-hybridized carbons (Fsp3) is 0.200. The minimum absolute atomic E-state index is 0.343. The highest BCUT2D eigenvalue weighted by atomic mass is 16.5. The van der Waals surface area contributed by atoms with Gasteiger partial charge in [-0.15, -0.1) is 0 Å². The van der Waals surface area contributed by atoms with Crippen molar-refractivity contribution >= 4 is 16.7 Å². The quantitative estimate of drug-likeness (QED) is 0.209. The Balaban J connectivity index is 1.70. The molecule has 0 bridgehead atoms. The van der Waals surface area contributed by atoms with Crippen LogP contribution in [0.3, 0.4) is 0 Å². The number of fused-ring (bicyclic) bond motifs is 1. The minimum atomic E-state index is -0.343. The number of ether oxygens (including phenoxy) is 1. The van der Waals surface area contributed by atoms with Crippen molar-refractivity contribution in [2.75, 3.05) is 0 Å². The second-order valence-electron chi connectivity index (χ2n) is 6.73. The number of benzene rings is 3. The highest BCUT2D eigenvalue weighted by Crippen LogP contribution is 2.27. The first-order chi connectivity index (χ1) is 13.7. The number of allylic oxidation sites excluding steroid dienone is 1. The Bertz CT molecular complexity index is 1030. The molecule has 0 fully saturated rings. The van der Waals surface area contributed by atoms with Crippen molar-refractivity contribution in [1.82, 2.24) is 0 Å². The molecule has 3 heteroatoms. The number of nitriles is 1. The smallest absolute Gasteiger partial charge is 0.335 e. The van der Waals surface area contributed by atoms with Crippen LogP contribution < -0.4 is 4.74 Å². The second-order valence-corrected chi connectivity index (χ2v) is 6.73. The number of hydrogen-bond donors (Lipinski definition) is 0. The van der Waals surface area contributed by atoms with E-state index in [1.807, 2.05) is 60.7 Å². The van der Waals surface area contributed by atoms with E-state index in [4.69, 9.17) is 10.00 Å². The summed E-state index contributed by atoms with van der Waals surface area (Å²) in [4.78, 5) is 11.9. The average molecular weight is 369 g/mol. The van der Waals surface area contributed by atoms with Crippen LogP contribution in [0.15, 0.2) is 72.8 Å². The highest BCUT2D eigenvalue weighted by Gasteiger charge is 2.04. The molecule has 0 N–H and O–H groups in total. The molecule has 0 saturated carbocycles. The third-order valence-electron chi connectivity index (χ3n) is 4.61. The maximum absolute atomic E-state index is 11.9. The SMILES string of the molecule is CCCCC/C=C/C(=O)Oc1ccc2cc(-c3ccc(C#N)cc3)ccc2c1. The molecule has 3 aromatic carbocycles. The van der Waals surface area contributed by atoms with Crippen LogP contribution in [-0.2, 0) is 4.79 Å². The topological polar surface area (TPSA) is 50.1 Å². The Morgan fingerprint density at radius 2 is 1.68 bits per heavy atom. The molecular formula is C25H23NO2. The molecule has 0 aliphatic heterocycles. The van der Waals surface area contributed by atoms with Gasteiger partial charge in [0.15, 0.2) is 0 Å². The van der Waals surface area contributed by atoms with Gasteiger partial charge < -0.3 is 4.74 Å². The molecule has 0 atom stereocenters. The lowest BCUT2D eigenvalue weighted by Crippen LogP contribution is -2.03. The van der Waals surface area contributed by atoms with Gasteiger partial charge >= 0.3 is 5.97 Å². The zero-order valence-corrected chi connectivity index (χ0v) is 16.0. The first-order valence-electron chi connectivity index (χ1n) is 9.62. The van der Waals surface area contributed by atoms with Crippen molar-refractivity contribution < 1.29 is 9.53 Å². The van der Waals surface area contributed by atoms with E-state index in [-0.39, 0.29) is 5.97 Å². The molecule has 140 valence electrons. The zero-order chi connectivity index (χ0) is 19.8. The summed E-state index contributed by atoms with van der Waals surface area (Å²) in [5.74, 6) is 0.201. The van der Waals surface area contributed by atoms with E-state index in [2.05, 4.69) is 19.1 Å². The van der Waals surface area contributed by atoms with Gasteiger partial charge in [-0.05, 0) is 65.1 Å². The van der Waals surface area contributed by atoms with E-state index in [1.54, 1.807) is 0 Å². The van der Waals surface area contributed by atoms with Crippen molar-refractivity contribution in [1.29, 1.82) is 5.26 Å². The number of esters is 1. The van der Waals surface area contributed by atoms with Crippen molar-refractivity contribution in [3.05, 3.63) is 78.4 Å². The monoisotopic (exact) mass is 369 g/mol. The van der Waals surface area contributed by atoms with E-state index >= 15 is 0 Å². The third kappa shape index (κ3) is 5.08. The standard InChI is InChI=1S/C25H23NO2/c1-2-3-4-5-6-7-25(27)28-24-15-14-22-16-21(12-13-23(22)17-24)20-10-8-19(18-26)9-11-20/h6-17H,2-5H2,1H3/b7-6+. The summed E-state index contributed by atoms with van der Waals surface area (Å²) in [5.41, 5.74) is 2.79. The van der Waals surface area contributed by atoms with E-state index in [0.717, 1.165) is 34.7 Å². The van der Waals surface area contributed by atoms with Gasteiger partial charge in [0.2, 0.25) is 0 Å². The first-order valence-corrected chi connectivity index (χ1v) is 9.62. The van der Waals surface area contributed by atoms with Crippen molar-refractivity contribution in [2.45, 2.75) is 32.6 Å². The molecule has 0 radical (unpaired) electrons. The largest absolute Gasteiger partial charge is 0.423 e. The van der Waals surface area contributed by atoms with Gasteiger partial charge in [0.1, 0.15) is 5.75 Å². The Kier molecular flexibility index (Phi) is 6.59. The van der Waals surface area contributed by atoms with Gasteiger partial charge in [-0.2, -0.15) is 5.26 Å². The average Bonchev–Trinajstić information content (AvgIpc) is 2.73. The van der Waals surface area contributed by atoms with E-state index in [9.17, 15) is 4.79 Å². The zero-order valence-electron chi connectivity index (χ0n) is 16.0. The van der Waals surface area contributed by atoms with E-state index in [1.165, 1.54) is 18.9 Å². The molecule has 0 unspecified atom stereocenters. The summed E-state index contributed by atoms with van der Waals surface area (Å²) in [6.07, 6.45) is 7.73. The Hall–Kier alpha value is -3.38. The molecule has 0 heterocycles. The Morgan fingerprint density at radius 3 is 2.43 bits per heavy atom. The molecule has 0 saturated heterocycles. The molecule has 3 nitrogen and oxygen atoms in total. The van der Waals surface area contributed by atoms with Gasteiger partial charge in [0.25, 0.3) is 0 Å². The molecule has 0 aromatic heterocycles. The highest BCUT2D eigenvalue weighted by molar-refractivity contribution is 5.90. The third-order valence-corrected chi connectivity index (χ3v) is 4.61. The normalized spacial score (nSPS) is 10.9. The van der Waals surface area contributed by atoms with Crippen LogP contribution >= 0.6 is 0 Å². The molecule has 3 aromatic rings. The molecule has 3 rings (SSSR count). The number of unbranched alkanes of at least 4 members (excludes halogenated alkanes) is 3. The maximum Gasteiger partial charge on any atom is 0.335 e. The lowest BCUT2D eigenvalue weighted by molar-refractivity contribution is -0.129. The minimum Gasteiger partial charge on any atom is -0.423 e. The van der Waals surface area contributed by atoms with Crippen LogP contribution in [0.2, 0.25) is 0 Å². The lowest BCUT2D eigenvalue weighted by atomic mass is 10.0. The summed E-state index contributed by atoms with van der Waals surface area (Å²) < 4.78 is 5.41. The number of carbonyl (C=O) groups is 1. The molecule has 0 spiro atoms. The molecule has 0 amide bonds. The van der Waals surface area contributed by atoms with Crippen molar-refractivity contribution in [2.24, 2.45) is 0 Å².